The molecular formula is C18H25N5O2. The minimum absolute atomic E-state index is 0.00967. The Balaban J connectivity index is 1.53. The molecule has 0 spiro atoms. The first-order valence-corrected chi connectivity index (χ1v) is 9.43. The summed E-state index contributed by atoms with van der Waals surface area (Å²) in [6.45, 7) is 3.65. The van der Waals surface area contributed by atoms with Crippen molar-refractivity contribution >= 4 is 5.91 Å². The van der Waals surface area contributed by atoms with Crippen molar-refractivity contribution in [2.45, 2.75) is 70.4 Å². The van der Waals surface area contributed by atoms with Gasteiger partial charge >= 0.3 is 0 Å². The summed E-state index contributed by atoms with van der Waals surface area (Å²) < 4.78 is 7.78. The number of aromatic nitrogens is 4. The summed E-state index contributed by atoms with van der Waals surface area (Å²) in [6, 6.07) is -0.114. The second-order valence-corrected chi connectivity index (χ2v) is 7.11. The van der Waals surface area contributed by atoms with E-state index in [1.807, 2.05) is 15.8 Å². The lowest BCUT2D eigenvalue weighted by Gasteiger charge is -2.33. The quantitative estimate of drug-likeness (QED) is 0.832. The van der Waals surface area contributed by atoms with Crippen molar-refractivity contribution in [1.29, 1.82) is 0 Å². The number of likely N-dealkylation sites (tertiary alicyclic amines) is 1. The Kier molecular flexibility index (Phi) is 4.55. The number of aryl methyl sites for hydroxylation is 1. The van der Waals surface area contributed by atoms with Crippen LogP contribution in [0.4, 0.5) is 0 Å². The minimum atomic E-state index is -0.114. The molecule has 3 heterocycles. The largest absolute Gasteiger partial charge is 0.423 e. The van der Waals surface area contributed by atoms with Crippen LogP contribution in [0.5, 0.6) is 0 Å². The fraction of sp³-hybridized carbons (Fsp3) is 0.667. The van der Waals surface area contributed by atoms with Crippen LogP contribution in [0.1, 0.15) is 86.0 Å². The van der Waals surface area contributed by atoms with Crippen LogP contribution >= 0.6 is 0 Å². The molecule has 1 aliphatic heterocycles. The van der Waals surface area contributed by atoms with Crippen molar-refractivity contribution in [3.8, 4) is 0 Å². The van der Waals surface area contributed by atoms with Gasteiger partial charge in [-0.3, -0.25) is 9.48 Å². The summed E-state index contributed by atoms with van der Waals surface area (Å²) in [4.78, 5) is 14.9. The van der Waals surface area contributed by atoms with E-state index in [0.717, 1.165) is 57.5 Å². The molecule has 2 aromatic rings. The van der Waals surface area contributed by atoms with Gasteiger partial charge in [0, 0.05) is 25.2 Å². The standard InChI is InChI=1S/C18H25N5O2/c1-2-9-22-12-14(11-19-22)18(24)23-10-4-3-8-15(23)17-21-20-16(25-17)13-6-5-7-13/h11-13,15H,2-10H2,1H3/t15-/m1/s1. The SMILES string of the molecule is CCCn1cc(C(=O)N2CCCC[C@@H]2c2nnc(C3CCC3)o2)cn1. The van der Waals surface area contributed by atoms with Crippen LogP contribution in [0.2, 0.25) is 0 Å². The van der Waals surface area contributed by atoms with Crippen molar-refractivity contribution in [2.75, 3.05) is 6.54 Å². The Labute approximate surface area is 147 Å². The number of nitrogens with zero attached hydrogens (tertiary/aromatic N) is 5. The molecule has 0 radical (unpaired) electrons. The van der Waals surface area contributed by atoms with E-state index in [9.17, 15) is 4.79 Å². The molecule has 25 heavy (non-hydrogen) atoms. The third-order valence-corrected chi connectivity index (χ3v) is 5.29. The molecule has 2 fully saturated rings. The molecule has 1 aliphatic carbocycles. The molecule has 0 N–H and O–H groups in total. The van der Waals surface area contributed by atoms with Crippen LogP contribution in [0.3, 0.4) is 0 Å². The van der Waals surface area contributed by atoms with Gasteiger partial charge < -0.3 is 9.32 Å². The zero-order chi connectivity index (χ0) is 17.2. The van der Waals surface area contributed by atoms with Gasteiger partial charge in [0.15, 0.2) is 0 Å². The fourth-order valence-electron chi connectivity index (χ4n) is 3.62. The number of hydrogen-bond donors (Lipinski definition) is 0. The molecule has 0 bridgehead atoms. The highest BCUT2D eigenvalue weighted by Crippen LogP contribution is 2.37. The van der Waals surface area contributed by atoms with Gasteiger partial charge in [-0.1, -0.05) is 13.3 Å². The van der Waals surface area contributed by atoms with Crippen molar-refractivity contribution in [3.63, 3.8) is 0 Å². The Morgan fingerprint density at radius 1 is 1.20 bits per heavy atom. The number of rotatable bonds is 5. The third kappa shape index (κ3) is 3.19. The van der Waals surface area contributed by atoms with E-state index in [0.29, 0.717) is 17.4 Å². The molecule has 4 rings (SSSR count). The summed E-state index contributed by atoms with van der Waals surface area (Å²) in [5.41, 5.74) is 0.638. The molecule has 134 valence electrons. The maximum absolute atomic E-state index is 13.0. The lowest BCUT2D eigenvalue weighted by Crippen LogP contribution is -2.38. The Morgan fingerprint density at radius 3 is 2.80 bits per heavy atom. The van der Waals surface area contributed by atoms with Crippen LogP contribution in [0, 0.1) is 0 Å². The monoisotopic (exact) mass is 343 g/mol. The van der Waals surface area contributed by atoms with E-state index in [-0.39, 0.29) is 11.9 Å². The highest BCUT2D eigenvalue weighted by atomic mass is 16.4. The summed E-state index contributed by atoms with van der Waals surface area (Å²) in [5.74, 6) is 1.77. The lowest BCUT2D eigenvalue weighted by atomic mass is 9.85. The van der Waals surface area contributed by atoms with Gasteiger partial charge in [0.25, 0.3) is 5.91 Å². The topological polar surface area (TPSA) is 77.0 Å². The van der Waals surface area contributed by atoms with E-state index in [1.165, 1.54) is 6.42 Å². The number of carbonyl (C=O) groups is 1. The van der Waals surface area contributed by atoms with E-state index in [4.69, 9.17) is 4.42 Å². The van der Waals surface area contributed by atoms with Gasteiger partial charge in [0.05, 0.1) is 11.8 Å². The van der Waals surface area contributed by atoms with Gasteiger partial charge in [0.2, 0.25) is 11.8 Å². The van der Waals surface area contributed by atoms with Crippen molar-refractivity contribution in [1.82, 2.24) is 24.9 Å². The lowest BCUT2D eigenvalue weighted by molar-refractivity contribution is 0.0568. The molecule has 1 amide bonds. The maximum atomic E-state index is 13.0. The fourth-order valence-corrected chi connectivity index (χ4v) is 3.62. The highest BCUT2D eigenvalue weighted by molar-refractivity contribution is 5.94. The smallest absolute Gasteiger partial charge is 0.257 e. The highest BCUT2D eigenvalue weighted by Gasteiger charge is 2.34. The molecule has 1 atom stereocenters. The molecular weight excluding hydrogens is 318 g/mol. The van der Waals surface area contributed by atoms with Crippen LogP contribution in [-0.2, 0) is 6.54 Å². The number of carbonyl (C=O) groups excluding carboxylic acids is 1. The predicted molar refractivity (Wildman–Crippen MR) is 91.0 cm³/mol. The van der Waals surface area contributed by atoms with Gasteiger partial charge in [-0.2, -0.15) is 5.10 Å². The van der Waals surface area contributed by atoms with Crippen molar-refractivity contribution in [2.24, 2.45) is 0 Å². The predicted octanol–water partition coefficient (Wildman–Crippen LogP) is 3.31. The Morgan fingerprint density at radius 2 is 2.04 bits per heavy atom. The zero-order valence-corrected chi connectivity index (χ0v) is 14.7. The van der Waals surface area contributed by atoms with E-state index in [2.05, 4.69) is 22.2 Å². The third-order valence-electron chi connectivity index (χ3n) is 5.29. The summed E-state index contributed by atoms with van der Waals surface area (Å²) >= 11 is 0. The van der Waals surface area contributed by atoms with Crippen LogP contribution in [0.15, 0.2) is 16.8 Å². The molecule has 7 nitrogen and oxygen atoms in total. The second kappa shape index (κ2) is 6.98. The van der Waals surface area contributed by atoms with Crippen molar-refractivity contribution < 1.29 is 9.21 Å². The number of hydrogen-bond acceptors (Lipinski definition) is 5. The maximum Gasteiger partial charge on any atom is 0.257 e. The average molecular weight is 343 g/mol. The van der Waals surface area contributed by atoms with Crippen LogP contribution in [0.25, 0.3) is 0 Å². The van der Waals surface area contributed by atoms with Crippen molar-refractivity contribution in [3.05, 3.63) is 29.7 Å². The van der Waals surface area contributed by atoms with E-state index >= 15 is 0 Å². The molecule has 1 saturated carbocycles. The number of piperidine rings is 1. The first-order chi connectivity index (χ1) is 12.3. The number of amides is 1. The summed E-state index contributed by atoms with van der Waals surface area (Å²) in [7, 11) is 0. The minimum Gasteiger partial charge on any atom is -0.423 e. The first-order valence-electron chi connectivity index (χ1n) is 9.43. The second-order valence-electron chi connectivity index (χ2n) is 7.11. The molecule has 7 heteroatoms. The van der Waals surface area contributed by atoms with Gasteiger partial charge in [-0.25, -0.2) is 0 Å². The van der Waals surface area contributed by atoms with E-state index < -0.39 is 0 Å². The molecule has 0 aromatic carbocycles. The average Bonchev–Trinajstić information content (AvgIpc) is 3.23. The normalized spacial score (nSPS) is 21.3. The molecule has 2 aliphatic rings. The van der Waals surface area contributed by atoms with E-state index in [1.54, 1.807) is 6.20 Å². The van der Waals surface area contributed by atoms with Gasteiger partial charge in [-0.15, -0.1) is 10.2 Å². The molecule has 0 unspecified atom stereocenters. The van der Waals surface area contributed by atoms with Gasteiger partial charge in [0.1, 0.15) is 6.04 Å². The first kappa shape index (κ1) is 16.3. The molecule has 1 saturated heterocycles. The zero-order valence-electron chi connectivity index (χ0n) is 14.7. The van der Waals surface area contributed by atoms with Crippen LogP contribution < -0.4 is 0 Å². The molecule has 2 aromatic heterocycles. The van der Waals surface area contributed by atoms with Gasteiger partial charge in [-0.05, 0) is 38.5 Å². The summed E-state index contributed by atoms with van der Waals surface area (Å²) in [6.07, 6.45) is 11.0. The Hall–Kier alpha value is -2.18. The van der Waals surface area contributed by atoms with Crippen LogP contribution in [-0.4, -0.2) is 37.3 Å². The Bertz CT molecular complexity index is 733. The summed E-state index contributed by atoms with van der Waals surface area (Å²) in [5, 5.41) is 12.8.